The predicted octanol–water partition coefficient (Wildman–Crippen LogP) is 3.23. The fraction of sp³-hybridized carbons (Fsp3) is 0.0476. The minimum atomic E-state index is -0.368. The van der Waals surface area contributed by atoms with E-state index in [-0.39, 0.29) is 11.8 Å². The van der Waals surface area contributed by atoms with Crippen molar-refractivity contribution in [1.82, 2.24) is 14.5 Å². The molecule has 0 bridgehead atoms. The van der Waals surface area contributed by atoms with Gasteiger partial charge in [0.25, 0.3) is 11.8 Å². The second-order valence-electron chi connectivity index (χ2n) is 6.30. The van der Waals surface area contributed by atoms with Crippen molar-refractivity contribution in [3.05, 3.63) is 78.1 Å². The fourth-order valence-corrected chi connectivity index (χ4v) is 3.48. The molecule has 2 amide bonds. The Morgan fingerprint density at radius 1 is 0.857 bits per heavy atom. The third-order valence-electron chi connectivity index (χ3n) is 4.76. The summed E-state index contributed by atoms with van der Waals surface area (Å²) in [5.74, 6) is 0.697. The minimum Gasteiger partial charge on any atom is -0.497 e. The Morgan fingerprint density at radius 2 is 1.54 bits per heavy atom. The van der Waals surface area contributed by atoms with E-state index in [0.717, 1.165) is 10.9 Å². The number of hydrogen-bond acceptors (Lipinski definition) is 5. The largest absolute Gasteiger partial charge is 0.497 e. The average molecular weight is 370 g/mol. The van der Waals surface area contributed by atoms with Gasteiger partial charge in [0.2, 0.25) is 5.95 Å². The van der Waals surface area contributed by atoms with Gasteiger partial charge in [-0.2, -0.15) is 0 Å². The summed E-state index contributed by atoms with van der Waals surface area (Å²) < 4.78 is 7.01. The Kier molecular flexibility index (Phi) is 3.48. The second kappa shape index (κ2) is 6.02. The first kappa shape index (κ1) is 16.2. The van der Waals surface area contributed by atoms with E-state index in [1.54, 1.807) is 60.5 Å². The summed E-state index contributed by atoms with van der Waals surface area (Å²) in [5, 5.41) is 0.804. The Balaban J connectivity index is 1.78. The van der Waals surface area contributed by atoms with E-state index in [9.17, 15) is 9.59 Å². The van der Waals surface area contributed by atoms with E-state index in [1.165, 1.54) is 4.90 Å². The van der Waals surface area contributed by atoms with E-state index in [4.69, 9.17) is 4.74 Å². The number of fused-ring (bicyclic) bond motifs is 2. The number of imide groups is 1. The quantitative estimate of drug-likeness (QED) is 0.518. The van der Waals surface area contributed by atoms with Gasteiger partial charge in [0.15, 0.2) is 0 Å². The monoisotopic (exact) mass is 370 g/mol. The van der Waals surface area contributed by atoms with Gasteiger partial charge in [-0.3, -0.25) is 14.2 Å². The average Bonchev–Trinajstić information content (AvgIpc) is 3.23. The Hall–Kier alpha value is -4.00. The van der Waals surface area contributed by atoms with E-state index in [2.05, 4.69) is 9.97 Å². The molecule has 1 aliphatic heterocycles. The van der Waals surface area contributed by atoms with Gasteiger partial charge in [0.1, 0.15) is 11.6 Å². The molecule has 0 saturated heterocycles. The van der Waals surface area contributed by atoms with Crippen LogP contribution in [0.4, 0.5) is 5.82 Å². The maximum atomic E-state index is 13.0. The Morgan fingerprint density at radius 3 is 2.18 bits per heavy atom. The highest BCUT2D eigenvalue weighted by Crippen LogP contribution is 2.35. The summed E-state index contributed by atoms with van der Waals surface area (Å²) in [6, 6.07) is 15.8. The maximum Gasteiger partial charge on any atom is 0.267 e. The zero-order chi connectivity index (χ0) is 19.3. The van der Waals surface area contributed by atoms with Gasteiger partial charge in [-0.25, -0.2) is 14.9 Å². The molecule has 0 spiro atoms. The number of anilines is 1. The summed E-state index contributed by atoms with van der Waals surface area (Å²) in [5.41, 5.74) is 1.53. The van der Waals surface area contributed by atoms with Gasteiger partial charge in [0, 0.05) is 17.8 Å². The van der Waals surface area contributed by atoms with Gasteiger partial charge in [0.05, 0.1) is 23.8 Å². The van der Waals surface area contributed by atoms with Crippen LogP contribution < -0.4 is 9.64 Å². The SMILES string of the molecule is COc1ccc2c(c1)cc(N1C(=O)c3ccccc3C1=O)n2-c1ncccn1. The molecule has 0 saturated carbocycles. The molecule has 1 aliphatic rings. The lowest BCUT2D eigenvalue weighted by Crippen LogP contribution is -2.31. The second-order valence-corrected chi connectivity index (χ2v) is 6.30. The lowest BCUT2D eigenvalue weighted by atomic mass is 10.1. The Labute approximate surface area is 159 Å². The minimum absolute atomic E-state index is 0.368. The molecular weight excluding hydrogens is 356 g/mol. The number of methoxy groups -OCH3 is 1. The van der Waals surface area contributed by atoms with Gasteiger partial charge >= 0.3 is 0 Å². The topological polar surface area (TPSA) is 77.3 Å². The normalized spacial score (nSPS) is 13.2. The molecule has 3 heterocycles. The highest BCUT2D eigenvalue weighted by Gasteiger charge is 2.38. The van der Waals surface area contributed by atoms with E-state index >= 15 is 0 Å². The molecule has 0 fully saturated rings. The van der Waals surface area contributed by atoms with Crippen LogP contribution >= 0.6 is 0 Å². The molecule has 7 heteroatoms. The molecule has 5 rings (SSSR count). The van der Waals surface area contributed by atoms with Crippen LogP contribution in [0.15, 0.2) is 67.0 Å². The lowest BCUT2D eigenvalue weighted by molar-refractivity contribution is 0.0924. The zero-order valence-corrected chi connectivity index (χ0v) is 14.9. The van der Waals surface area contributed by atoms with Crippen molar-refractivity contribution in [2.75, 3.05) is 12.0 Å². The zero-order valence-electron chi connectivity index (χ0n) is 14.9. The molecular formula is C21H14N4O3. The first-order valence-corrected chi connectivity index (χ1v) is 8.64. The number of hydrogen-bond donors (Lipinski definition) is 0. The third kappa shape index (κ3) is 2.23. The summed E-state index contributed by atoms with van der Waals surface area (Å²) in [7, 11) is 1.59. The number of nitrogens with zero attached hydrogens (tertiary/aromatic N) is 4. The third-order valence-corrected chi connectivity index (χ3v) is 4.76. The molecule has 136 valence electrons. The fourth-order valence-electron chi connectivity index (χ4n) is 3.48. The van der Waals surface area contributed by atoms with Crippen LogP contribution in [0.2, 0.25) is 0 Å². The standard InChI is InChI=1S/C21H14N4O3/c1-28-14-7-8-17-13(11-14)12-18(24(17)21-22-9-4-10-23-21)25-19(26)15-5-2-3-6-16(15)20(25)27/h2-12H,1H3. The van der Waals surface area contributed by atoms with Crippen molar-refractivity contribution in [3.63, 3.8) is 0 Å². The molecule has 0 aliphatic carbocycles. The number of carbonyl (C=O) groups is 2. The van der Waals surface area contributed by atoms with Crippen LogP contribution in [0.1, 0.15) is 20.7 Å². The molecule has 0 radical (unpaired) electrons. The van der Waals surface area contributed by atoms with Crippen LogP contribution in [0.25, 0.3) is 16.9 Å². The highest BCUT2D eigenvalue weighted by molar-refractivity contribution is 6.34. The van der Waals surface area contributed by atoms with Crippen molar-refractivity contribution in [2.24, 2.45) is 0 Å². The molecule has 0 unspecified atom stereocenters. The van der Waals surface area contributed by atoms with Crippen LogP contribution in [0.5, 0.6) is 5.75 Å². The van der Waals surface area contributed by atoms with Crippen molar-refractivity contribution < 1.29 is 14.3 Å². The molecule has 2 aromatic heterocycles. The molecule has 0 atom stereocenters. The van der Waals surface area contributed by atoms with Crippen LogP contribution in [-0.2, 0) is 0 Å². The van der Waals surface area contributed by atoms with Crippen molar-refractivity contribution in [1.29, 1.82) is 0 Å². The number of amides is 2. The van der Waals surface area contributed by atoms with Crippen LogP contribution in [0, 0.1) is 0 Å². The lowest BCUT2D eigenvalue weighted by Gasteiger charge is -2.16. The van der Waals surface area contributed by atoms with E-state index in [1.807, 2.05) is 18.2 Å². The number of benzene rings is 2. The summed E-state index contributed by atoms with van der Waals surface area (Å²) >= 11 is 0. The number of carbonyl (C=O) groups excluding carboxylic acids is 2. The van der Waals surface area contributed by atoms with Gasteiger partial charge in [-0.1, -0.05) is 12.1 Å². The summed E-state index contributed by atoms with van der Waals surface area (Å²) in [4.78, 5) is 35.8. The number of aromatic nitrogens is 3. The Bertz CT molecular complexity index is 1210. The molecule has 7 nitrogen and oxygen atoms in total. The molecule has 28 heavy (non-hydrogen) atoms. The first-order chi connectivity index (χ1) is 13.7. The molecule has 2 aromatic carbocycles. The molecule has 0 N–H and O–H groups in total. The van der Waals surface area contributed by atoms with E-state index < -0.39 is 0 Å². The number of rotatable bonds is 3. The van der Waals surface area contributed by atoms with Crippen LogP contribution in [0.3, 0.4) is 0 Å². The first-order valence-electron chi connectivity index (χ1n) is 8.64. The highest BCUT2D eigenvalue weighted by atomic mass is 16.5. The smallest absolute Gasteiger partial charge is 0.267 e. The molecule has 4 aromatic rings. The van der Waals surface area contributed by atoms with Crippen molar-refractivity contribution in [3.8, 4) is 11.7 Å². The maximum absolute atomic E-state index is 13.0. The summed E-state index contributed by atoms with van der Waals surface area (Å²) in [6.45, 7) is 0. The van der Waals surface area contributed by atoms with Crippen LogP contribution in [-0.4, -0.2) is 33.5 Å². The predicted molar refractivity (Wildman–Crippen MR) is 103 cm³/mol. The summed E-state index contributed by atoms with van der Waals surface area (Å²) in [6.07, 6.45) is 3.23. The van der Waals surface area contributed by atoms with Gasteiger partial charge in [-0.15, -0.1) is 0 Å². The van der Waals surface area contributed by atoms with Gasteiger partial charge < -0.3 is 4.74 Å². The van der Waals surface area contributed by atoms with Crippen molar-refractivity contribution in [2.45, 2.75) is 0 Å². The van der Waals surface area contributed by atoms with Crippen molar-refractivity contribution >= 4 is 28.5 Å². The van der Waals surface area contributed by atoms with Gasteiger partial charge in [-0.05, 0) is 42.5 Å². The number of ether oxygens (including phenoxy) is 1. The van der Waals surface area contributed by atoms with E-state index in [0.29, 0.717) is 28.6 Å².